The molecule has 0 spiro atoms. The normalized spacial score (nSPS) is 13.8. The van der Waals surface area contributed by atoms with E-state index < -0.39 is 27.3 Å². The molecule has 0 amide bonds. The monoisotopic (exact) mass is 350 g/mol. The van der Waals surface area contributed by atoms with Gasteiger partial charge in [0.2, 0.25) is 0 Å². The third kappa shape index (κ3) is 4.00. The molecule has 0 N–H and O–H groups in total. The Morgan fingerprint density at radius 3 is 2.00 bits per heavy atom. The Hall–Kier alpha value is -1.57. The topological polar surface area (TPSA) is 43.4 Å². The SMILES string of the molecule is O=S(=O)(O[C@H](c1ccccc1)C(F)(F)F)c1ccc(Cl)cc1. The lowest BCUT2D eigenvalue weighted by Gasteiger charge is -2.20. The first-order valence-corrected chi connectivity index (χ1v) is 7.79. The Kier molecular flexibility index (Phi) is 4.79. The van der Waals surface area contributed by atoms with E-state index in [0.29, 0.717) is 0 Å². The predicted octanol–water partition coefficient (Wildman–Crippen LogP) is 4.35. The highest BCUT2D eigenvalue weighted by Gasteiger charge is 2.45. The van der Waals surface area contributed by atoms with Crippen LogP contribution in [-0.2, 0) is 14.3 Å². The maximum atomic E-state index is 13.1. The van der Waals surface area contributed by atoms with E-state index in [1.165, 1.54) is 30.3 Å². The molecule has 0 bridgehead atoms. The van der Waals surface area contributed by atoms with Gasteiger partial charge in [0, 0.05) is 5.02 Å². The molecule has 0 unspecified atom stereocenters. The largest absolute Gasteiger partial charge is 0.420 e. The molecule has 2 aromatic rings. The zero-order valence-electron chi connectivity index (χ0n) is 10.9. The van der Waals surface area contributed by atoms with Crippen molar-refractivity contribution in [2.75, 3.05) is 0 Å². The average Bonchev–Trinajstić information content (AvgIpc) is 2.45. The summed E-state index contributed by atoms with van der Waals surface area (Å²) in [4.78, 5) is -0.401. The van der Waals surface area contributed by atoms with Crippen molar-refractivity contribution >= 4 is 21.7 Å². The van der Waals surface area contributed by atoms with E-state index in [1.54, 1.807) is 0 Å². The maximum Gasteiger partial charge on any atom is 0.420 e. The highest BCUT2D eigenvalue weighted by atomic mass is 35.5. The molecule has 0 radical (unpaired) electrons. The smallest absolute Gasteiger partial charge is 0.248 e. The van der Waals surface area contributed by atoms with Gasteiger partial charge in [0.15, 0.2) is 6.10 Å². The summed E-state index contributed by atoms with van der Waals surface area (Å²) < 4.78 is 67.8. The summed E-state index contributed by atoms with van der Waals surface area (Å²) in [5, 5.41) is 0.259. The number of hydrogen-bond acceptors (Lipinski definition) is 3. The van der Waals surface area contributed by atoms with Crippen LogP contribution in [0.1, 0.15) is 11.7 Å². The first-order valence-electron chi connectivity index (χ1n) is 6.01. The Balaban J connectivity index is 2.37. The highest BCUT2D eigenvalue weighted by Crippen LogP contribution is 2.38. The zero-order chi connectivity index (χ0) is 16.4. The molecule has 1 atom stereocenters. The Bertz CT molecular complexity index is 728. The van der Waals surface area contributed by atoms with Gasteiger partial charge in [-0.15, -0.1) is 0 Å². The van der Waals surface area contributed by atoms with Crippen molar-refractivity contribution in [3.63, 3.8) is 0 Å². The summed E-state index contributed by atoms with van der Waals surface area (Å²) in [5.74, 6) is 0. The summed E-state index contributed by atoms with van der Waals surface area (Å²) in [5.41, 5.74) is -0.299. The van der Waals surface area contributed by atoms with E-state index in [4.69, 9.17) is 11.6 Å². The second-order valence-electron chi connectivity index (χ2n) is 4.34. The number of hydrogen-bond donors (Lipinski definition) is 0. The summed E-state index contributed by atoms with van der Waals surface area (Å²) in [6, 6.07) is 11.2. The molecule has 0 saturated carbocycles. The van der Waals surface area contributed by atoms with E-state index in [1.807, 2.05) is 0 Å². The Morgan fingerprint density at radius 1 is 0.955 bits per heavy atom. The van der Waals surface area contributed by atoms with Gasteiger partial charge in [0.25, 0.3) is 10.1 Å². The van der Waals surface area contributed by atoms with Crippen LogP contribution in [0.25, 0.3) is 0 Å². The second-order valence-corrected chi connectivity index (χ2v) is 6.35. The number of benzene rings is 2. The fourth-order valence-corrected chi connectivity index (χ4v) is 2.89. The number of alkyl halides is 3. The molecular formula is C14H10ClF3O3S. The molecule has 8 heteroatoms. The van der Waals surface area contributed by atoms with Gasteiger partial charge >= 0.3 is 6.18 Å². The van der Waals surface area contributed by atoms with Crippen LogP contribution in [-0.4, -0.2) is 14.6 Å². The van der Waals surface area contributed by atoms with Crippen LogP contribution < -0.4 is 0 Å². The molecule has 0 aromatic heterocycles. The second kappa shape index (κ2) is 6.28. The fraction of sp³-hybridized carbons (Fsp3) is 0.143. The predicted molar refractivity (Wildman–Crippen MR) is 75.0 cm³/mol. The lowest BCUT2D eigenvalue weighted by molar-refractivity contribution is -0.196. The third-order valence-corrected chi connectivity index (χ3v) is 4.27. The van der Waals surface area contributed by atoms with E-state index in [0.717, 1.165) is 24.3 Å². The number of rotatable bonds is 4. The third-order valence-electron chi connectivity index (χ3n) is 2.72. The van der Waals surface area contributed by atoms with Gasteiger partial charge in [-0.25, -0.2) is 4.18 Å². The standard InChI is InChI=1S/C14H10ClF3O3S/c15-11-6-8-12(9-7-11)22(19,20)21-13(14(16,17)18)10-4-2-1-3-5-10/h1-9,13H/t13-/m1/s1. The van der Waals surface area contributed by atoms with Gasteiger partial charge in [-0.2, -0.15) is 21.6 Å². The quantitative estimate of drug-likeness (QED) is 0.770. The first-order chi connectivity index (χ1) is 10.2. The van der Waals surface area contributed by atoms with Crippen LogP contribution >= 0.6 is 11.6 Å². The van der Waals surface area contributed by atoms with Gasteiger partial charge in [0.1, 0.15) is 0 Å². The molecule has 0 aliphatic heterocycles. The minimum absolute atomic E-state index is 0.259. The summed E-state index contributed by atoms with van der Waals surface area (Å²) in [6.07, 6.45) is -7.45. The van der Waals surface area contributed by atoms with Crippen LogP contribution in [0.4, 0.5) is 13.2 Å². The molecule has 2 aromatic carbocycles. The molecule has 118 valence electrons. The van der Waals surface area contributed by atoms with Gasteiger partial charge in [0.05, 0.1) is 4.90 Å². The van der Waals surface area contributed by atoms with Crippen LogP contribution in [0.3, 0.4) is 0 Å². The molecule has 0 aliphatic rings. The van der Waals surface area contributed by atoms with E-state index >= 15 is 0 Å². The minimum atomic E-state index is -4.87. The van der Waals surface area contributed by atoms with Crippen molar-refractivity contribution in [3.8, 4) is 0 Å². The van der Waals surface area contributed by atoms with Gasteiger partial charge < -0.3 is 0 Å². The van der Waals surface area contributed by atoms with E-state index in [2.05, 4.69) is 4.18 Å². The minimum Gasteiger partial charge on any atom is -0.248 e. The average molecular weight is 351 g/mol. The molecule has 2 rings (SSSR count). The first kappa shape index (κ1) is 16.8. The molecule has 0 fully saturated rings. The molecule has 0 heterocycles. The van der Waals surface area contributed by atoms with Crippen molar-refractivity contribution in [1.82, 2.24) is 0 Å². The Morgan fingerprint density at radius 2 is 1.50 bits per heavy atom. The Labute approximate surface area is 130 Å². The molecule has 0 saturated heterocycles. The highest BCUT2D eigenvalue weighted by molar-refractivity contribution is 7.86. The van der Waals surface area contributed by atoms with Crippen molar-refractivity contribution in [3.05, 3.63) is 65.2 Å². The van der Waals surface area contributed by atoms with Crippen molar-refractivity contribution in [1.29, 1.82) is 0 Å². The molecule has 22 heavy (non-hydrogen) atoms. The van der Waals surface area contributed by atoms with Crippen molar-refractivity contribution < 1.29 is 25.8 Å². The molecule has 3 nitrogen and oxygen atoms in total. The van der Waals surface area contributed by atoms with Crippen LogP contribution in [0.5, 0.6) is 0 Å². The van der Waals surface area contributed by atoms with E-state index in [9.17, 15) is 21.6 Å². The summed E-state index contributed by atoms with van der Waals surface area (Å²) in [6.45, 7) is 0. The van der Waals surface area contributed by atoms with Crippen molar-refractivity contribution in [2.45, 2.75) is 17.2 Å². The van der Waals surface area contributed by atoms with Crippen LogP contribution in [0.15, 0.2) is 59.5 Å². The molecular weight excluding hydrogens is 341 g/mol. The fourth-order valence-electron chi connectivity index (χ4n) is 1.71. The summed E-state index contributed by atoms with van der Waals surface area (Å²) >= 11 is 5.62. The number of halogens is 4. The van der Waals surface area contributed by atoms with Gasteiger partial charge in [-0.1, -0.05) is 41.9 Å². The van der Waals surface area contributed by atoms with Gasteiger partial charge in [-0.05, 0) is 29.8 Å². The molecule has 0 aliphatic carbocycles. The lowest BCUT2D eigenvalue weighted by Crippen LogP contribution is -2.26. The van der Waals surface area contributed by atoms with Crippen LogP contribution in [0.2, 0.25) is 5.02 Å². The maximum absolute atomic E-state index is 13.1. The van der Waals surface area contributed by atoms with E-state index in [-0.39, 0.29) is 10.6 Å². The zero-order valence-corrected chi connectivity index (χ0v) is 12.5. The lowest BCUT2D eigenvalue weighted by atomic mass is 10.1. The summed E-state index contributed by atoms with van der Waals surface area (Å²) in [7, 11) is -4.59. The van der Waals surface area contributed by atoms with Crippen molar-refractivity contribution in [2.24, 2.45) is 0 Å². The van der Waals surface area contributed by atoms with Gasteiger partial charge in [-0.3, -0.25) is 0 Å². The van der Waals surface area contributed by atoms with Crippen LogP contribution in [0, 0.1) is 0 Å².